The van der Waals surface area contributed by atoms with Gasteiger partial charge in [-0.3, -0.25) is 5.43 Å². The molecule has 0 spiro atoms. The van der Waals surface area contributed by atoms with Crippen molar-refractivity contribution in [2.24, 2.45) is 10.2 Å². The molecule has 3 aromatic rings. The zero-order valence-electron chi connectivity index (χ0n) is 16.0. The number of nitrogens with two attached hydrogens (primary N) is 1. The average Bonchev–Trinajstić information content (AvgIpc) is 2.95. The van der Waals surface area contributed by atoms with E-state index >= 15 is 0 Å². The van der Waals surface area contributed by atoms with Gasteiger partial charge in [-0.15, -0.1) is 0 Å². The molecular formula is C20H21N5O2S2. The molecule has 29 heavy (non-hydrogen) atoms. The van der Waals surface area contributed by atoms with Crippen LogP contribution in [0, 0.1) is 13.8 Å². The highest BCUT2D eigenvalue weighted by Gasteiger charge is 2.12. The first-order chi connectivity index (χ1) is 13.8. The van der Waals surface area contributed by atoms with Crippen molar-refractivity contribution in [1.29, 1.82) is 0 Å². The third-order valence-electron chi connectivity index (χ3n) is 4.30. The number of anilines is 1. The maximum Gasteiger partial charge on any atom is 0.238 e. The van der Waals surface area contributed by atoms with Crippen LogP contribution < -0.4 is 15.9 Å². The van der Waals surface area contributed by atoms with Crippen LogP contribution in [-0.4, -0.2) is 24.3 Å². The van der Waals surface area contributed by atoms with Crippen molar-refractivity contribution in [1.82, 2.24) is 9.99 Å². The topological polar surface area (TPSA) is 102 Å². The lowest BCUT2D eigenvalue weighted by molar-refractivity contribution is 0.598. The van der Waals surface area contributed by atoms with Gasteiger partial charge in [-0.1, -0.05) is 18.2 Å². The van der Waals surface area contributed by atoms with Crippen molar-refractivity contribution in [2.45, 2.75) is 18.7 Å². The van der Waals surface area contributed by atoms with Gasteiger partial charge in [0.05, 0.1) is 11.1 Å². The smallest absolute Gasteiger partial charge is 0.238 e. The summed E-state index contributed by atoms with van der Waals surface area (Å²) >= 11 is 5.23. The Bertz CT molecular complexity index is 1150. The summed E-state index contributed by atoms with van der Waals surface area (Å²) < 4.78 is 24.9. The van der Waals surface area contributed by atoms with Crippen LogP contribution in [0.2, 0.25) is 0 Å². The number of aromatic nitrogens is 1. The molecule has 4 N–H and O–H groups in total. The van der Waals surface area contributed by atoms with E-state index in [1.54, 1.807) is 18.3 Å². The van der Waals surface area contributed by atoms with Crippen molar-refractivity contribution in [3.8, 4) is 5.69 Å². The quantitative estimate of drug-likeness (QED) is 0.330. The number of nitrogens with one attached hydrogen (secondary N) is 2. The zero-order valence-corrected chi connectivity index (χ0v) is 17.6. The van der Waals surface area contributed by atoms with Gasteiger partial charge in [-0.2, -0.15) is 5.10 Å². The van der Waals surface area contributed by atoms with Crippen LogP contribution in [0.4, 0.5) is 5.69 Å². The number of hydrogen-bond acceptors (Lipinski definition) is 4. The largest absolute Gasteiger partial charge is 0.331 e. The molecule has 1 aromatic heterocycles. The number of hydrazone groups is 1. The summed E-state index contributed by atoms with van der Waals surface area (Å²) in [5.74, 6) is 0. The standard InChI is InChI=1S/C20H21N5O2S2/c1-14-12-16(13-22-24-20(28)23-17-6-4-3-5-7-17)15(2)25(14)18-8-10-19(11-9-18)29(21,26)27/h3-13H,1-2H3,(H2,21,26,27)(H2,23,24,28)/b22-13+. The second-order valence-corrected chi connectivity index (χ2v) is 8.36. The fourth-order valence-corrected chi connectivity index (χ4v) is 3.63. The number of hydrogen-bond donors (Lipinski definition) is 3. The third kappa shape index (κ3) is 5.08. The van der Waals surface area contributed by atoms with E-state index in [9.17, 15) is 8.42 Å². The molecule has 0 amide bonds. The van der Waals surface area contributed by atoms with Gasteiger partial charge in [0.2, 0.25) is 10.0 Å². The molecule has 0 saturated carbocycles. The number of aryl methyl sites for hydroxylation is 1. The fraction of sp³-hybridized carbons (Fsp3) is 0.100. The van der Waals surface area contributed by atoms with Gasteiger partial charge in [-0.25, -0.2) is 13.6 Å². The number of sulfonamides is 1. The Morgan fingerprint density at radius 1 is 1.10 bits per heavy atom. The molecule has 0 aliphatic heterocycles. The first-order valence-corrected chi connectivity index (χ1v) is 10.7. The van der Waals surface area contributed by atoms with Crippen LogP contribution >= 0.6 is 12.2 Å². The predicted octanol–water partition coefficient (Wildman–Crippen LogP) is 3.06. The highest BCUT2D eigenvalue weighted by Crippen LogP contribution is 2.21. The number of thiocarbonyl (C=S) groups is 1. The van der Waals surface area contributed by atoms with E-state index in [0.717, 1.165) is 28.3 Å². The Morgan fingerprint density at radius 3 is 2.38 bits per heavy atom. The maximum atomic E-state index is 11.4. The maximum absolute atomic E-state index is 11.4. The number of benzene rings is 2. The van der Waals surface area contributed by atoms with Crippen molar-refractivity contribution in [3.63, 3.8) is 0 Å². The molecule has 1 heterocycles. The molecule has 3 rings (SSSR count). The monoisotopic (exact) mass is 427 g/mol. The van der Waals surface area contributed by atoms with Crippen molar-refractivity contribution < 1.29 is 8.42 Å². The van der Waals surface area contributed by atoms with Crippen LogP contribution in [0.5, 0.6) is 0 Å². The minimum atomic E-state index is -3.72. The Balaban J connectivity index is 1.74. The van der Waals surface area contributed by atoms with E-state index in [1.165, 1.54) is 12.1 Å². The Hall–Kier alpha value is -3.01. The predicted molar refractivity (Wildman–Crippen MR) is 120 cm³/mol. The number of nitrogens with zero attached hydrogens (tertiary/aromatic N) is 2. The van der Waals surface area contributed by atoms with Gasteiger partial charge in [0, 0.05) is 28.3 Å². The van der Waals surface area contributed by atoms with Gasteiger partial charge >= 0.3 is 0 Å². The average molecular weight is 428 g/mol. The van der Waals surface area contributed by atoms with Crippen molar-refractivity contribution in [3.05, 3.63) is 77.6 Å². The summed E-state index contributed by atoms with van der Waals surface area (Å²) in [4.78, 5) is 0.0779. The summed E-state index contributed by atoms with van der Waals surface area (Å²) in [6, 6.07) is 18.0. The normalized spacial score (nSPS) is 11.6. The van der Waals surface area contributed by atoms with Crippen LogP contribution in [0.15, 0.2) is 70.7 Å². The molecule has 0 bridgehead atoms. The van der Waals surface area contributed by atoms with Crippen molar-refractivity contribution in [2.75, 3.05) is 5.32 Å². The number of primary sulfonamides is 1. The van der Waals surface area contributed by atoms with Gasteiger partial charge < -0.3 is 9.88 Å². The lowest BCUT2D eigenvalue weighted by atomic mass is 10.2. The second-order valence-electron chi connectivity index (χ2n) is 6.39. The highest BCUT2D eigenvalue weighted by molar-refractivity contribution is 7.89. The van der Waals surface area contributed by atoms with E-state index in [-0.39, 0.29) is 4.90 Å². The minimum Gasteiger partial charge on any atom is -0.331 e. The van der Waals surface area contributed by atoms with Crippen LogP contribution in [0.25, 0.3) is 5.69 Å². The molecule has 2 aromatic carbocycles. The van der Waals surface area contributed by atoms with Crippen LogP contribution in [0.1, 0.15) is 17.0 Å². The lowest BCUT2D eigenvalue weighted by Crippen LogP contribution is -2.23. The van der Waals surface area contributed by atoms with E-state index in [0.29, 0.717) is 5.11 Å². The lowest BCUT2D eigenvalue weighted by Gasteiger charge is -2.10. The van der Waals surface area contributed by atoms with Crippen LogP contribution in [0.3, 0.4) is 0 Å². The fourth-order valence-electron chi connectivity index (χ4n) is 2.94. The van der Waals surface area contributed by atoms with Gasteiger partial charge in [0.15, 0.2) is 5.11 Å². The molecule has 0 atom stereocenters. The molecule has 0 fully saturated rings. The first kappa shape index (κ1) is 20.7. The number of para-hydroxylation sites is 1. The summed E-state index contributed by atoms with van der Waals surface area (Å²) in [5.41, 5.74) is 7.36. The molecule has 0 radical (unpaired) electrons. The molecule has 0 saturated heterocycles. The van der Waals surface area contributed by atoms with Crippen LogP contribution in [-0.2, 0) is 10.0 Å². The molecule has 9 heteroatoms. The molecule has 0 aliphatic rings. The van der Waals surface area contributed by atoms with E-state index in [1.807, 2.05) is 54.8 Å². The minimum absolute atomic E-state index is 0.0779. The molecular weight excluding hydrogens is 406 g/mol. The molecule has 150 valence electrons. The summed E-state index contributed by atoms with van der Waals surface area (Å²) in [6.07, 6.45) is 1.69. The van der Waals surface area contributed by atoms with E-state index in [4.69, 9.17) is 17.4 Å². The Kier molecular flexibility index (Phi) is 6.12. The second kappa shape index (κ2) is 8.56. The van der Waals surface area contributed by atoms with E-state index in [2.05, 4.69) is 15.8 Å². The summed E-state index contributed by atoms with van der Waals surface area (Å²) in [7, 11) is -3.72. The molecule has 7 nitrogen and oxygen atoms in total. The SMILES string of the molecule is Cc1cc(/C=N/NC(=S)Nc2ccccc2)c(C)n1-c1ccc(S(N)(=O)=O)cc1. The summed E-state index contributed by atoms with van der Waals surface area (Å²) in [6.45, 7) is 3.93. The van der Waals surface area contributed by atoms with E-state index < -0.39 is 10.0 Å². The summed E-state index contributed by atoms with van der Waals surface area (Å²) in [5, 5.41) is 12.8. The van der Waals surface area contributed by atoms with Gasteiger partial charge in [0.25, 0.3) is 0 Å². The zero-order chi connectivity index (χ0) is 21.0. The van der Waals surface area contributed by atoms with Gasteiger partial charge in [-0.05, 0) is 68.5 Å². The first-order valence-electron chi connectivity index (χ1n) is 8.73. The Labute approximate surface area is 175 Å². The molecule has 0 aliphatic carbocycles. The van der Waals surface area contributed by atoms with Crippen molar-refractivity contribution >= 4 is 39.3 Å². The highest BCUT2D eigenvalue weighted by atomic mass is 32.2. The Morgan fingerprint density at radius 2 is 1.76 bits per heavy atom. The molecule has 0 unspecified atom stereocenters. The van der Waals surface area contributed by atoms with Gasteiger partial charge in [0.1, 0.15) is 0 Å². The third-order valence-corrected chi connectivity index (χ3v) is 5.42. The number of rotatable bonds is 5.